The zero-order valence-corrected chi connectivity index (χ0v) is 17.3. The van der Waals surface area contributed by atoms with E-state index < -0.39 is 0 Å². The molecule has 0 unspecified atom stereocenters. The summed E-state index contributed by atoms with van der Waals surface area (Å²) in [6.45, 7) is 0. The molecule has 1 heterocycles. The van der Waals surface area contributed by atoms with Crippen LogP contribution in [0.5, 0.6) is 0 Å². The maximum absolute atomic E-state index is 12.9. The number of halogens is 2. The zero-order valence-electron chi connectivity index (χ0n) is 15.8. The van der Waals surface area contributed by atoms with Gasteiger partial charge in [-0.1, -0.05) is 65.7 Å². The Morgan fingerprint density at radius 1 is 0.833 bits per heavy atom. The molecular weight excluding hydrogens is 421 g/mol. The molecule has 30 heavy (non-hydrogen) atoms. The van der Waals surface area contributed by atoms with Gasteiger partial charge in [0, 0.05) is 21.9 Å². The molecule has 5 nitrogen and oxygen atoms in total. The topological polar surface area (TPSA) is 64.0 Å². The van der Waals surface area contributed by atoms with Crippen LogP contribution in [-0.2, 0) is 17.6 Å². The number of hydrogen-bond donors (Lipinski definition) is 1. The average Bonchev–Trinajstić information content (AvgIpc) is 2.75. The summed E-state index contributed by atoms with van der Waals surface area (Å²) in [7, 11) is 0. The Kier molecular flexibility index (Phi) is 5.84. The molecular formula is C23H17Cl2N3O2. The second-order valence-corrected chi connectivity index (χ2v) is 7.72. The highest BCUT2D eigenvalue weighted by Crippen LogP contribution is 2.18. The van der Waals surface area contributed by atoms with Gasteiger partial charge in [-0.3, -0.25) is 9.59 Å². The van der Waals surface area contributed by atoms with Crippen LogP contribution in [-0.4, -0.2) is 15.8 Å². The van der Waals surface area contributed by atoms with Crippen LogP contribution in [0.3, 0.4) is 0 Å². The molecule has 0 saturated heterocycles. The van der Waals surface area contributed by atoms with Crippen molar-refractivity contribution in [3.05, 3.63) is 110 Å². The van der Waals surface area contributed by atoms with Crippen LogP contribution < -0.4 is 11.0 Å². The van der Waals surface area contributed by atoms with Crippen LogP contribution in [0.25, 0.3) is 10.8 Å². The summed E-state index contributed by atoms with van der Waals surface area (Å²) in [5.74, 6) is -0.348. The molecule has 3 aromatic carbocycles. The van der Waals surface area contributed by atoms with Crippen molar-refractivity contribution in [2.45, 2.75) is 12.8 Å². The van der Waals surface area contributed by atoms with Gasteiger partial charge in [-0.15, -0.1) is 4.79 Å². The van der Waals surface area contributed by atoms with Gasteiger partial charge in [0.25, 0.3) is 5.56 Å². The predicted octanol–water partition coefficient (Wildman–Crippen LogP) is 4.61. The van der Waals surface area contributed by atoms with Gasteiger partial charge in [-0.05, 0) is 41.5 Å². The highest BCUT2D eigenvalue weighted by atomic mass is 35.5. The van der Waals surface area contributed by atoms with E-state index in [1.807, 2.05) is 36.4 Å². The largest absolute Gasteiger partial charge is 0.294 e. The third kappa shape index (κ3) is 4.53. The third-order valence-electron chi connectivity index (χ3n) is 4.67. The molecule has 0 fully saturated rings. The number of hydrogen-bond acceptors (Lipinski definition) is 3. The molecule has 0 spiro atoms. The molecule has 1 amide bonds. The van der Waals surface area contributed by atoms with Gasteiger partial charge >= 0.3 is 0 Å². The number of nitrogens with zero attached hydrogens (tertiary/aromatic N) is 2. The van der Waals surface area contributed by atoms with Crippen LogP contribution in [0.1, 0.15) is 16.8 Å². The molecule has 4 rings (SSSR count). The van der Waals surface area contributed by atoms with Crippen molar-refractivity contribution in [3.63, 3.8) is 0 Å². The molecule has 150 valence electrons. The summed E-state index contributed by atoms with van der Waals surface area (Å²) in [6, 6.07) is 21.6. The van der Waals surface area contributed by atoms with Crippen molar-refractivity contribution in [2.24, 2.45) is 0 Å². The lowest BCUT2D eigenvalue weighted by Crippen LogP contribution is -2.36. The molecule has 0 atom stereocenters. The summed E-state index contributed by atoms with van der Waals surface area (Å²) in [4.78, 5) is 26.4. The van der Waals surface area contributed by atoms with E-state index in [9.17, 15) is 9.59 Å². The Balaban J connectivity index is 1.66. The first-order valence-corrected chi connectivity index (χ1v) is 10.0. The maximum atomic E-state index is 12.9. The standard InChI is InChI=1S/C23H17Cl2N3O2/c24-17-9-5-15(6-10-17)13-21-19-3-1-2-4-20(19)23(30)28(26-21)27-22(29)14-16-7-11-18(25)12-8-16/h1-12H,13-14H2,(H,27,29). The Morgan fingerprint density at radius 3 is 2.03 bits per heavy atom. The van der Waals surface area contributed by atoms with Crippen molar-refractivity contribution < 1.29 is 4.79 Å². The highest BCUT2D eigenvalue weighted by Gasteiger charge is 2.13. The molecule has 0 aliphatic rings. The summed E-state index contributed by atoms with van der Waals surface area (Å²) in [5.41, 5.74) is 4.68. The Morgan fingerprint density at radius 2 is 1.40 bits per heavy atom. The second-order valence-electron chi connectivity index (χ2n) is 6.85. The molecule has 7 heteroatoms. The minimum Gasteiger partial charge on any atom is -0.273 e. The smallest absolute Gasteiger partial charge is 0.273 e. The normalized spacial score (nSPS) is 10.9. The average molecular weight is 438 g/mol. The number of fused-ring (bicyclic) bond motifs is 1. The maximum Gasteiger partial charge on any atom is 0.294 e. The lowest BCUT2D eigenvalue weighted by atomic mass is 10.0. The molecule has 0 saturated carbocycles. The lowest BCUT2D eigenvalue weighted by Gasteiger charge is -2.12. The fourth-order valence-corrected chi connectivity index (χ4v) is 3.45. The molecule has 4 aromatic rings. The van der Waals surface area contributed by atoms with Crippen molar-refractivity contribution in [1.82, 2.24) is 9.89 Å². The number of aromatic nitrogens is 2. The number of carbonyl (C=O) groups is 1. The van der Waals surface area contributed by atoms with Crippen LogP contribution in [0.2, 0.25) is 10.0 Å². The van der Waals surface area contributed by atoms with Crippen molar-refractivity contribution in [3.8, 4) is 0 Å². The van der Waals surface area contributed by atoms with Crippen LogP contribution in [0.4, 0.5) is 0 Å². The van der Waals surface area contributed by atoms with Gasteiger partial charge in [-0.25, -0.2) is 5.43 Å². The van der Waals surface area contributed by atoms with Crippen LogP contribution in [0, 0.1) is 0 Å². The second kappa shape index (κ2) is 8.69. The predicted molar refractivity (Wildman–Crippen MR) is 120 cm³/mol. The minimum atomic E-state index is -0.380. The summed E-state index contributed by atoms with van der Waals surface area (Å²) < 4.78 is 0. The molecule has 1 aromatic heterocycles. The van der Waals surface area contributed by atoms with Gasteiger partial charge in [0.1, 0.15) is 0 Å². The van der Waals surface area contributed by atoms with E-state index in [1.165, 1.54) is 0 Å². The van der Waals surface area contributed by atoms with E-state index in [2.05, 4.69) is 10.5 Å². The van der Waals surface area contributed by atoms with E-state index in [0.29, 0.717) is 27.5 Å². The summed E-state index contributed by atoms with van der Waals surface area (Å²) >= 11 is 11.9. The molecule has 0 radical (unpaired) electrons. The van der Waals surface area contributed by atoms with Gasteiger partial charge in [0.15, 0.2) is 0 Å². The summed E-state index contributed by atoms with van der Waals surface area (Å²) in [5, 5.41) is 6.92. The SMILES string of the molecule is O=C(Cc1ccc(Cl)cc1)Nn1nc(Cc2ccc(Cl)cc2)c2ccccc2c1=O. The first-order chi connectivity index (χ1) is 14.5. The van der Waals surface area contributed by atoms with E-state index in [-0.39, 0.29) is 17.9 Å². The Bertz CT molecular complexity index is 1270. The van der Waals surface area contributed by atoms with Gasteiger partial charge in [0.05, 0.1) is 17.5 Å². The minimum absolute atomic E-state index is 0.102. The molecule has 1 N–H and O–H groups in total. The zero-order chi connectivity index (χ0) is 21.1. The highest BCUT2D eigenvalue weighted by molar-refractivity contribution is 6.30. The fraction of sp³-hybridized carbons (Fsp3) is 0.0870. The Hall–Kier alpha value is -3.15. The van der Waals surface area contributed by atoms with Gasteiger partial charge in [0.2, 0.25) is 5.91 Å². The lowest BCUT2D eigenvalue weighted by molar-refractivity contribution is -0.116. The first kappa shape index (κ1) is 20.1. The molecule has 0 bridgehead atoms. The van der Waals surface area contributed by atoms with Gasteiger partial charge < -0.3 is 0 Å². The third-order valence-corrected chi connectivity index (χ3v) is 5.18. The van der Waals surface area contributed by atoms with Crippen molar-refractivity contribution >= 4 is 39.9 Å². The van der Waals surface area contributed by atoms with E-state index in [1.54, 1.807) is 36.4 Å². The number of amides is 1. The monoisotopic (exact) mass is 437 g/mol. The van der Waals surface area contributed by atoms with E-state index >= 15 is 0 Å². The van der Waals surface area contributed by atoms with Crippen molar-refractivity contribution in [2.75, 3.05) is 5.43 Å². The first-order valence-electron chi connectivity index (χ1n) is 9.29. The van der Waals surface area contributed by atoms with Crippen molar-refractivity contribution in [1.29, 1.82) is 0 Å². The summed E-state index contributed by atoms with van der Waals surface area (Å²) in [6.07, 6.45) is 0.593. The van der Waals surface area contributed by atoms with Crippen LogP contribution >= 0.6 is 23.2 Å². The molecule has 0 aliphatic carbocycles. The number of benzene rings is 3. The fourth-order valence-electron chi connectivity index (χ4n) is 3.20. The van der Waals surface area contributed by atoms with E-state index in [0.717, 1.165) is 21.3 Å². The number of nitrogens with one attached hydrogen (secondary N) is 1. The molecule has 0 aliphatic heterocycles. The van der Waals surface area contributed by atoms with Crippen LogP contribution in [0.15, 0.2) is 77.6 Å². The van der Waals surface area contributed by atoms with Gasteiger partial charge in [-0.2, -0.15) is 5.10 Å². The quantitative estimate of drug-likeness (QED) is 0.495. The Labute approximate surface area is 182 Å². The number of rotatable bonds is 5. The van der Waals surface area contributed by atoms with E-state index in [4.69, 9.17) is 23.2 Å². The number of carbonyl (C=O) groups excluding carboxylic acids is 1.